The van der Waals surface area contributed by atoms with Crippen LogP contribution in [0.1, 0.15) is 29.8 Å². The molecule has 1 aromatic rings. The van der Waals surface area contributed by atoms with Crippen molar-refractivity contribution in [3.8, 4) is 0 Å². The van der Waals surface area contributed by atoms with E-state index in [1.165, 1.54) is 24.1 Å². The molecular weight excluding hydrogens is 152 g/mol. The number of aliphatic hydroxyl groups excluding tert-OH is 1. The van der Waals surface area contributed by atoms with Crippen LogP contribution in [-0.2, 0) is 19.3 Å². The van der Waals surface area contributed by atoms with Gasteiger partial charge in [-0.15, -0.1) is 0 Å². The predicted octanol–water partition coefficient (Wildman–Crippen LogP) is 0.823. The molecule has 1 aromatic heterocycles. The number of aromatic amines is 1. The molecule has 0 aliphatic heterocycles. The van der Waals surface area contributed by atoms with Crippen LogP contribution in [0.4, 0.5) is 0 Å². The molecule has 3 heteroatoms. The molecule has 0 unspecified atom stereocenters. The molecule has 1 heterocycles. The fourth-order valence-electron chi connectivity index (χ4n) is 1.86. The van der Waals surface area contributed by atoms with Gasteiger partial charge in [-0.1, -0.05) is 0 Å². The maximum atomic E-state index is 8.79. The smallest absolute Gasteiger partial charge is 0.0679 e. The number of aliphatic hydroxyl groups is 1. The molecule has 3 nitrogen and oxygen atoms in total. The van der Waals surface area contributed by atoms with Crippen molar-refractivity contribution in [3.05, 3.63) is 17.0 Å². The fraction of sp³-hybridized carbons (Fsp3) is 0.667. The summed E-state index contributed by atoms with van der Waals surface area (Å²) in [6.07, 6.45) is 5.51. The topological polar surface area (TPSA) is 48.9 Å². The van der Waals surface area contributed by atoms with Gasteiger partial charge in [0.2, 0.25) is 0 Å². The second-order valence-corrected chi connectivity index (χ2v) is 3.31. The van der Waals surface area contributed by atoms with Crippen molar-refractivity contribution in [2.24, 2.45) is 0 Å². The molecule has 0 spiro atoms. The number of nitrogens with one attached hydrogen (secondary N) is 1. The monoisotopic (exact) mass is 166 g/mol. The van der Waals surface area contributed by atoms with Crippen molar-refractivity contribution in [3.63, 3.8) is 0 Å². The first-order valence-corrected chi connectivity index (χ1v) is 4.57. The van der Waals surface area contributed by atoms with Gasteiger partial charge < -0.3 is 5.11 Å². The van der Waals surface area contributed by atoms with Crippen molar-refractivity contribution >= 4 is 0 Å². The Labute approximate surface area is 71.8 Å². The maximum Gasteiger partial charge on any atom is 0.0679 e. The maximum absolute atomic E-state index is 8.79. The molecule has 0 amide bonds. The summed E-state index contributed by atoms with van der Waals surface area (Å²) < 4.78 is 0. The van der Waals surface area contributed by atoms with E-state index in [2.05, 4.69) is 10.2 Å². The Hall–Kier alpha value is -0.830. The summed E-state index contributed by atoms with van der Waals surface area (Å²) in [5.41, 5.74) is 3.74. The third-order valence-electron chi connectivity index (χ3n) is 2.49. The third-order valence-corrected chi connectivity index (χ3v) is 2.49. The minimum atomic E-state index is 0.206. The van der Waals surface area contributed by atoms with Gasteiger partial charge in [-0.3, -0.25) is 5.10 Å². The summed E-state index contributed by atoms with van der Waals surface area (Å²) in [6, 6.07) is 0. The molecule has 0 saturated carbocycles. The fourth-order valence-corrected chi connectivity index (χ4v) is 1.86. The highest BCUT2D eigenvalue weighted by Gasteiger charge is 2.15. The first-order chi connectivity index (χ1) is 5.92. The van der Waals surface area contributed by atoms with E-state index in [-0.39, 0.29) is 6.61 Å². The zero-order chi connectivity index (χ0) is 8.39. The molecule has 12 heavy (non-hydrogen) atoms. The Kier molecular flexibility index (Phi) is 2.13. The van der Waals surface area contributed by atoms with Gasteiger partial charge in [0.25, 0.3) is 0 Å². The minimum Gasteiger partial charge on any atom is -0.396 e. The van der Waals surface area contributed by atoms with E-state index >= 15 is 0 Å². The van der Waals surface area contributed by atoms with Crippen LogP contribution in [0.5, 0.6) is 0 Å². The van der Waals surface area contributed by atoms with Gasteiger partial charge in [-0.2, -0.15) is 5.10 Å². The van der Waals surface area contributed by atoms with Gasteiger partial charge >= 0.3 is 0 Å². The van der Waals surface area contributed by atoms with Gasteiger partial charge in [-0.05, 0) is 31.2 Å². The van der Waals surface area contributed by atoms with E-state index < -0.39 is 0 Å². The van der Waals surface area contributed by atoms with Gasteiger partial charge in [0.1, 0.15) is 0 Å². The van der Waals surface area contributed by atoms with Crippen molar-refractivity contribution in [2.45, 2.75) is 32.1 Å². The Morgan fingerprint density at radius 3 is 3.00 bits per heavy atom. The number of aromatic nitrogens is 2. The quantitative estimate of drug-likeness (QED) is 0.683. The minimum absolute atomic E-state index is 0.206. The number of hydrogen-bond acceptors (Lipinski definition) is 2. The summed E-state index contributed by atoms with van der Waals surface area (Å²) in [5, 5.41) is 16.0. The van der Waals surface area contributed by atoms with Gasteiger partial charge in [-0.25, -0.2) is 0 Å². The van der Waals surface area contributed by atoms with Crippen LogP contribution in [-0.4, -0.2) is 21.9 Å². The molecule has 2 N–H and O–H groups in total. The van der Waals surface area contributed by atoms with E-state index in [1.54, 1.807) is 0 Å². The normalized spacial score (nSPS) is 16.1. The van der Waals surface area contributed by atoms with Crippen molar-refractivity contribution < 1.29 is 5.11 Å². The lowest BCUT2D eigenvalue weighted by molar-refractivity contribution is 0.297. The van der Waals surface area contributed by atoms with Crippen LogP contribution in [0, 0.1) is 0 Å². The second-order valence-electron chi connectivity index (χ2n) is 3.31. The Morgan fingerprint density at radius 2 is 2.17 bits per heavy atom. The Morgan fingerprint density at radius 1 is 1.33 bits per heavy atom. The molecular formula is C9H14N2O. The van der Waals surface area contributed by atoms with Crippen LogP contribution in [0.3, 0.4) is 0 Å². The molecule has 66 valence electrons. The second kappa shape index (κ2) is 3.27. The standard InChI is InChI=1S/C9H14N2O/c12-6-5-9-7-3-1-2-4-8(7)10-11-9/h12H,1-6H2,(H,10,11). The average Bonchev–Trinajstić information content (AvgIpc) is 2.50. The molecule has 0 radical (unpaired) electrons. The Balaban J connectivity index is 2.25. The van der Waals surface area contributed by atoms with Gasteiger partial charge in [0, 0.05) is 18.7 Å². The molecule has 0 atom stereocenters. The highest BCUT2D eigenvalue weighted by Crippen LogP contribution is 2.21. The summed E-state index contributed by atoms with van der Waals surface area (Å²) in [4.78, 5) is 0. The molecule has 0 fully saturated rings. The van der Waals surface area contributed by atoms with Crippen LogP contribution < -0.4 is 0 Å². The van der Waals surface area contributed by atoms with Gasteiger partial charge in [0.05, 0.1) is 5.69 Å². The third kappa shape index (κ3) is 1.25. The summed E-state index contributed by atoms with van der Waals surface area (Å²) in [6.45, 7) is 0.206. The largest absolute Gasteiger partial charge is 0.396 e. The lowest BCUT2D eigenvalue weighted by Crippen LogP contribution is -2.03. The molecule has 1 aliphatic carbocycles. The highest BCUT2D eigenvalue weighted by molar-refractivity contribution is 5.27. The molecule has 2 rings (SSSR count). The summed E-state index contributed by atoms with van der Waals surface area (Å²) in [5.74, 6) is 0. The number of nitrogens with zero attached hydrogens (tertiary/aromatic N) is 1. The molecule has 0 aromatic carbocycles. The van der Waals surface area contributed by atoms with Crippen molar-refractivity contribution in [1.29, 1.82) is 0 Å². The summed E-state index contributed by atoms with van der Waals surface area (Å²) in [7, 11) is 0. The lowest BCUT2D eigenvalue weighted by atomic mass is 9.95. The van der Waals surface area contributed by atoms with E-state index in [0.717, 1.165) is 18.5 Å². The Bertz CT molecular complexity index is 267. The molecule has 1 aliphatic rings. The van der Waals surface area contributed by atoms with Crippen LogP contribution in [0.15, 0.2) is 0 Å². The number of aryl methyl sites for hydroxylation is 1. The van der Waals surface area contributed by atoms with Crippen LogP contribution in [0.25, 0.3) is 0 Å². The average molecular weight is 166 g/mol. The van der Waals surface area contributed by atoms with Crippen molar-refractivity contribution in [1.82, 2.24) is 10.2 Å². The summed E-state index contributed by atoms with van der Waals surface area (Å²) >= 11 is 0. The SMILES string of the molecule is OCCc1n[nH]c2c1CCCC2. The van der Waals surface area contributed by atoms with E-state index in [0.29, 0.717) is 6.42 Å². The first kappa shape index (κ1) is 7.80. The van der Waals surface area contributed by atoms with Crippen molar-refractivity contribution in [2.75, 3.05) is 6.61 Å². The molecule has 0 bridgehead atoms. The predicted molar refractivity (Wildman–Crippen MR) is 46.0 cm³/mol. The zero-order valence-corrected chi connectivity index (χ0v) is 7.14. The van der Waals surface area contributed by atoms with Crippen LogP contribution in [0.2, 0.25) is 0 Å². The lowest BCUT2D eigenvalue weighted by Gasteiger charge is -2.10. The van der Waals surface area contributed by atoms with E-state index in [4.69, 9.17) is 5.11 Å². The first-order valence-electron chi connectivity index (χ1n) is 4.57. The highest BCUT2D eigenvalue weighted by atomic mass is 16.3. The molecule has 0 saturated heterocycles. The number of rotatable bonds is 2. The van der Waals surface area contributed by atoms with Gasteiger partial charge in [0.15, 0.2) is 0 Å². The number of hydrogen-bond donors (Lipinski definition) is 2. The van der Waals surface area contributed by atoms with E-state index in [1.807, 2.05) is 0 Å². The number of H-pyrrole nitrogens is 1. The zero-order valence-electron chi connectivity index (χ0n) is 7.14. The number of fused-ring (bicyclic) bond motifs is 1. The van der Waals surface area contributed by atoms with E-state index in [9.17, 15) is 0 Å². The van der Waals surface area contributed by atoms with Crippen LogP contribution >= 0.6 is 0 Å².